The first-order valence-electron chi connectivity index (χ1n) is 7.80. The molecule has 0 aromatic heterocycles. The van der Waals surface area contributed by atoms with Gasteiger partial charge in [0, 0.05) is 17.6 Å². The van der Waals surface area contributed by atoms with Gasteiger partial charge in [-0.05, 0) is 76.9 Å². The Kier molecular flexibility index (Phi) is 5.58. The summed E-state index contributed by atoms with van der Waals surface area (Å²) in [5.41, 5.74) is 2.02. The molecule has 0 N–H and O–H groups in total. The van der Waals surface area contributed by atoms with Crippen LogP contribution >= 0.6 is 7.92 Å². The lowest BCUT2D eigenvalue weighted by Crippen LogP contribution is -2.33. The quantitative estimate of drug-likeness (QED) is 0.750. The summed E-state index contributed by atoms with van der Waals surface area (Å²) in [4.78, 5) is 2.29. The fourth-order valence-electron chi connectivity index (χ4n) is 2.93. The Bertz CT molecular complexity index is 452. The molecule has 0 heterocycles. The molecule has 2 atom stereocenters. The molecule has 2 fully saturated rings. The Morgan fingerprint density at radius 2 is 1.64 bits per heavy atom. The van der Waals surface area contributed by atoms with E-state index in [1.165, 1.54) is 16.9 Å². The van der Waals surface area contributed by atoms with E-state index in [-0.39, 0.29) is 0 Å². The summed E-state index contributed by atoms with van der Waals surface area (Å²) in [5, 5.41) is 1.46. The fraction of sp³-hybridized carbons (Fsp3) is 0.250. The van der Waals surface area contributed by atoms with E-state index in [0.29, 0.717) is 11.7 Å². The van der Waals surface area contributed by atoms with Crippen LogP contribution in [0.1, 0.15) is 6.92 Å². The summed E-state index contributed by atoms with van der Waals surface area (Å²) in [5.74, 6) is 1.47. The van der Waals surface area contributed by atoms with Crippen LogP contribution in [-0.2, 0) is 0 Å². The monoisotopic (exact) mass is 308 g/mol. The van der Waals surface area contributed by atoms with E-state index < -0.39 is 7.92 Å². The molecule has 2 heteroatoms. The lowest BCUT2D eigenvalue weighted by atomic mass is 9.98. The number of hydrogen-bond donors (Lipinski definition) is 0. The third kappa shape index (κ3) is 3.41. The van der Waals surface area contributed by atoms with E-state index in [1.54, 1.807) is 0 Å². The molecule has 0 aliphatic heterocycles. The van der Waals surface area contributed by atoms with Crippen molar-refractivity contribution in [1.29, 1.82) is 0 Å². The predicted molar refractivity (Wildman–Crippen MR) is 96.5 cm³/mol. The maximum Gasteiger partial charge on any atom is 0.0171 e. The minimum atomic E-state index is -0.393. The number of rotatable bonds is 5. The molecule has 1 unspecified atom stereocenters. The van der Waals surface area contributed by atoms with Crippen LogP contribution in [-0.4, -0.2) is 30.7 Å². The van der Waals surface area contributed by atoms with Crippen molar-refractivity contribution in [3.05, 3.63) is 86.9 Å². The highest BCUT2D eigenvalue weighted by atomic mass is 31.1. The molecule has 0 bridgehead atoms. The average Bonchev–Trinajstić information content (AvgIpc) is 3.20. The molecule has 3 rings (SSSR count). The Balaban J connectivity index is 1.88. The molecular formula is C20H23NP. The van der Waals surface area contributed by atoms with Gasteiger partial charge in [0.2, 0.25) is 0 Å². The van der Waals surface area contributed by atoms with Crippen molar-refractivity contribution in [3.63, 3.8) is 0 Å². The van der Waals surface area contributed by atoms with Gasteiger partial charge in [-0.15, -0.1) is 0 Å². The van der Waals surface area contributed by atoms with Gasteiger partial charge >= 0.3 is 0 Å². The van der Waals surface area contributed by atoms with E-state index in [0.717, 1.165) is 0 Å². The molecule has 0 saturated heterocycles. The normalized spacial score (nSPS) is 24.2. The fourth-order valence-corrected chi connectivity index (χ4v) is 5.69. The minimum absolute atomic E-state index is 0.393. The zero-order valence-electron chi connectivity index (χ0n) is 13.5. The number of nitrogens with zero attached hydrogens (tertiary/aromatic N) is 1. The van der Waals surface area contributed by atoms with Gasteiger partial charge in [0.05, 0.1) is 0 Å². The topological polar surface area (TPSA) is 3.24 Å². The van der Waals surface area contributed by atoms with Crippen molar-refractivity contribution in [3.8, 4) is 0 Å². The molecule has 9 radical (unpaired) electrons. The van der Waals surface area contributed by atoms with Crippen LogP contribution < -0.4 is 5.30 Å². The Morgan fingerprint density at radius 1 is 0.955 bits per heavy atom. The molecule has 0 spiro atoms. The molecule has 2 aliphatic carbocycles. The Hall–Kier alpha value is -0.390. The van der Waals surface area contributed by atoms with Gasteiger partial charge in [-0.3, -0.25) is 0 Å². The third-order valence-electron chi connectivity index (χ3n) is 4.37. The van der Waals surface area contributed by atoms with E-state index >= 15 is 0 Å². The van der Waals surface area contributed by atoms with Crippen molar-refractivity contribution in [1.82, 2.24) is 4.90 Å². The van der Waals surface area contributed by atoms with Gasteiger partial charge in [-0.25, -0.2) is 0 Å². The van der Waals surface area contributed by atoms with E-state index in [2.05, 4.69) is 101 Å². The molecule has 2 aliphatic rings. The highest BCUT2D eigenvalue weighted by molar-refractivity contribution is 7.70. The summed E-state index contributed by atoms with van der Waals surface area (Å²) in [6.07, 6.45) is 15.9. The molecule has 1 nitrogen and oxygen atoms in total. The maximum absolute atomic E-state index is 2.34. The van der Waals surface area contributed by atoms with Crippen molar-refractivity contribution in [2.45, 2.75) is 18.6 Å². The summed E-state index contributed by atoms with van der Waals surface area (Å²) in [6.45, 7) is 2.29. The zero-order chi connectivity index (χ0) is 15.5. The van der Waals surface area contributed by atoms with Crippen LogP contribution in [0, 0.1) is 56.5 Å². The van der Waals surface area contributed by atoms with E-state index in [9.17, 15) is 0 Å². The van der Waals surface area contributed by atoms with Crippen LogP contribution in [0.25, 0.3) is 0 Å². The summed E-state index contributed by atoms with van der Waals surface area (Å²) in [7, 11) is 3.92. The van der Waals surface area contributed by atoms with E-state index in [1.807, 2.05) is 0 Å². The molecule has 1 aromatic carbocycles. The lowest BCUT2D eigenvalue weighted by molar-refractivity contribution is 0.333. The van der Waals surface area contributed by atoms with Crippen molar-refractivity contribution < 1.29 is 0 Å². The second-order valence-electron chi connectivity index (χ2n) is 5.97. The second-order valence-corrected chi connectivity index (χ2v) is 8.31. The largest absolute Gasteiger partial charge is 0.306 e. The summed E-state index contributed by atoms with van der Waals surface area (Å²) in [6, 6.07) is 11.4. The summed E-state index contributed by atoms with van der Waals surface area (Å²) < 4.78 is 0. The molecule has 113 valence electrons. The Morgan fingerprint density at radius 3 is 2.27 bits per heavy atom. The first kappa shape index (κ1) is 16.5. The van der Waals surface area contributed by atoms with Crippen LogP contribution in [0.3, 0.4) is 0 Å². The maximum atomic E-state index is 2.34. The van der Waals surface area contributed by atoms with Crippen LogP contribution in [0.5, 0.6) is 0 Å². The smallest absolute Gasteiger partial charge is 0.0171 e. The van der Waals surface area contributed by atoms with Gasteiger partial charge in [0.15, 0.2) is 0 Å². The second kappa shape index (κ2) is 7.45. The van der Waals surface area contributed by atoms with Gasteiger partial charge < -0.3 is 4.90 Å². The molecule has 2 saturated carbocycles. The lowest BCUT2D eigenvalue weighted by Gasteiger charge is -2.37. The van der Waals surface area contributed by atoms with Gasteiger partial charge in [-0.1, -0.05) is 38.3 Å². The predicted octanol–water partition coefficient (Wildman–Crippen LogP) is 3.68. The minimum Gasteiger partial charge on any atom is -0.306 e. The molecule has 1 aromatic rings. The van der Waals surface area contributed by atoms with Gasteiger partial charge in [-0.2, -0.15) is 0 Å². The number of benzene rings is 1. The zero-order valence-corrected chi connectivity index (χ0v) is 14.4. The third-order valence-corrected chi connectivity index (χ3v) is 7.09. The highest BCUT2D eigenvalue weighted by Gasteiger charge is 2.43. The van der Waals surface area contributed by atoms with Crippen molar-refractivity contribution in [2.75, 3.05) is 14.1 Å². The summed E-state index contributed by atoms with van der Waals surface area (Å²) >= 11 is 0. The first-order valence-corrected chi connectivity index (χ1v) is 9.21. The molecular weight excluding hydrogens is 285 g/mol. The van der Waals surface area contributed by atoms with E-state index in [4.69, 9.17) is 0 Å². The molecule has 22 heavy (non-hydrogen) atoms. The SMILES string of the molecule is C[C@H]([C]1[CH][CH][CH][C]1P(c1ccccc1)C1[CH][CH][CH][CH]1)N(C)C. The molecule has 0 amide bonds. The van der Waals surface area contributed by atoms with Crippen molar-refractivity contribution >= 4 is 13.2 Å². The highest BCUT2D eigenvalue weighted by Crippen LogP contribution is 2.62. The van der Waals surface area contributed by atoms with Crippen LogP contribution in [0.4, 0.5) is 0 Å². The standard InChI is InChI=1S/C20H23NP/c1-16(21(2)3)19-14-9-15-20(19)22(18-12-7-8-13-18)17-10-5-4-6-11-17/h4-16,18H,1-3H3/t16-,22?/m1/s1. The Labute approximate surface area is 138 Å². The average molecular weight is 308 g/mol. The number of hydrogen-bond acceptors (Lipinski definition) is 1. The van der Waals surface area contributed by atoms with Crippen LogP contribution in [0.15, 0.2) is 30.3 Å². The van der Waals surface area contributed by atoms with Crippen molar-refractivity contribution in [2.24, 2.45) is 0 Å². The van der Waals surface area contributed by atoms with Gasteiger partial charge in [0.25, 0.3) is 0 Å². The van der Waals surface area contributed by atoms with Crippen LogP contribution in [0.2, 0.25) is 0 Å². The first-order chi connectivity index (χ1) is 10.7. The van der Waals surface area contributed by atoms with Gasteiger partial charge in [0.1, 0.15) is 0 Å².